The van der Waals surface area contributed by atoms with E-state index in [1.54, 1.807) is 0 Å². The molecular formula is C33H41F4N2OS+. The normalized spacial score (nSPS) is 31.1. The van der Waals surface area contributed by atoms with Crippen molar-refractivity contribution in [1.82, 2.24) is 4.90 Å². The van der Waals surface area contributed by atoms with Gasteiger partial charge in [-0.1, -0.05) is 18.6 Å². The van der Waals surface area contributed by atoms with Gasteiger partial charge >= 0.3 is 6.18 Å². The molecule has 3 aliphatic carbocycles. The fourth-order valence-corrected chi connectivity index (χ4v) is 8.78. The molecule has 0 bridgehead atoms. The monoisotopic (exact) mass is 589 g/mol. The van der Waals surface area contributed by atoms with E-state index in [4.69, 9.17) is 0 Å². The van der Waals surface area contributed by atoms with Crippen molar-refractivity contribution in [3.63, 3.8) is 0 Å². The molecule has 4 aliphatic rings. The quantitative estimate of drug-likeness (QED) is 0.135. The Morgan fingerprint density at radius 2 is 1.93 bits per heavy atom. The van der Waals surface area contributed by atoms with Gasteiger partial charge in [-0.2, -0.15) is 13.2 Å². The van der Waals surface area contributed by atoms with Gasteiger partial charge in [0.15, 0.2) is 4.90 Å². The van der Waals surface area contributed by atoms with Crippen LogP contribution in [-0.2, 0) is 28.1 Å². The maximum Gasteiger partial charge on any atom is 0.419 e. The average Bonchev–Trinajstić information content (AvgIpc) is 3.81. The summed E-state index contributed by atoms with van der Waals surface area (Å²) in [5.41, 5.74) is 0.428. The van der Waals surface area contributed by atoms with Gasteiger partial charge < -0.3 is 10.2 Å². The van der Waals surface area contributed by atoms with E-state index in [-0.39, 0.29) is 34.8 Å². The van der Waals surface area contributed by atoms with Crippen molar-refractivity contribution < 1.29 is 22.4 Å². The second kappa shape index (κ2) is 11.6. The Morgan fingerprint density at radius 3 is 2.66 bits per heavy atom. The van der Waals surface area contributed by atoms with E-state index in [2.05, 4.69) is 40.7 Å². The fourth-order valence-electron chi connectivity index (χ4n) is 8.28. The minimum Gasteiger partial charge on any atom is -0.326 e. The van der Waals surface area contributed by atoms with E-state index in [1.165, 1.54) is 60.6 Å². The van der Waals surface area contributed by atoms with Gasteiger partial charge in [0.05, 0.1) is 5.56 Å². The number of benzene rings is 2. The minimum atomic E-state index is -4.81. The highest BCUT2D eigenvalue weighted by Gasteiger charge is 2.63. The lowest BCUT2D eigenvalue weighted by molar-refractivity contribution is -0.140. The number of carbonyl (C=O) groups excluding carboxylic acids is 1. The lowest BCUT2D eigenvalue weighted by atomic mass is 9.75. The SMILES string of the molecule is C[SH+]c1cccc([C@]23CC[C@@H](C4C(C(=O)Nc5ccc(F)c(C(F)(F)F)c5)[C@H]4CCCCN4CCCC4)CC2C3)c1. The number of rotatable bonds is 10. The van der Waals surface area contributed by atoms with Crippen molar-refractivity contribution in [3.8, 4) is 0 Å². The maximum absolute atomic E-state index is 13.8. The Balaban J connectivity index is 1.12. The summed E-state index contributed by atoms with van der Waals surface area (Å²) in [5.74, 6) is -0.0352. The van der Waals surface area contributed by atoms with Crippen molar-refractivity contribution in [2.75, 3.05) is 31.2 Å². The van der Waals surface area contributed by atoms with Crippen LogP contribution in [0.3, 0.4) is 0 Å². The van der Waals surface area contributed by atoms with E-state index in [0.717, 1.165) is 57.2 Å². The standard InChI is InChI=1S/C33H40F4N2OS/c1-41-25-8-6-7-22(18-25)32-13-12-21(17-23(32)20-32)29-26(9-2-3-14-39-15-4-5-16-39)30(29)31(40)38-24-10-11-28(34)27(19-24)33(35,36)37/h6-8,10-11,18-19,21,23,26,29-30H,2-5,9,12-17,20H2,1H3,(H,38,40)/p+1/t21-,23?,26+,29?,30?,32-/m1/s1. The molecular weight excluding hydrogens is 548 g/mol. The summed E-state index contributed by atoms with van der Waals surface area (Å²) in [6.45, 7) is 3.47. The number of halogens is 4. The minimum absolute atomic E-state index is 0.0158. The van der Waals surface area contributed by atoms with Crippen LogP contribution in [-0.4, -0.2) is 36.7 Å². The lowest BCUT2D eigenvalue weighted by Crippen LogP contribution is -2.23. The molecule has 6 rings (SSSR count). The van der Waals surface area contributed by atoms with E-state index >= 15 is 0 Å². The van der Waals surface area contributed by atoms with Crippen LogP contribution in [0.1, 0.15) is 68.9 Å². The maximum atomic E-state index is 13.8. The molecule has 8 heteroatoms. The van der Waals surface area contributed by atoms with Gasteiger partial charge in [0.1, 0.15) is 12.1 Å². The topological polar surface area (TPSA) is 32.3 Å². The molecule has 2 aromatic carbocycles. The second-order valence-electron chi connectivity index (χ2n) is 12.9. The Bertz CT molecular complexity index is 1260. The summed E-state index contributed by atoms with van der Waals surface area (Å²) < 4.78 is 53.6. The highest BCUT2D eigenvalue weighted by molar-refractivity contribution is 7.77. The van der Waals surface area contributed by atoms with Crippen LogP contribution in [0.15, 0.2) is 47.4 Å². The molecule has 6 atom stereocenters. The molecule has 0 spiro atoms. The van der Waals surface area contributed by atoms with Crippen LogP contribution < -0.4 is 5.32 Å². The molecule has 0 aromatic heterocycles. The van der Waals surface area contributed by atoms with Crippen molar-refractivity contribution in [2.24, 2.45) is 29.6 Å². The van der Waals surface area contributed by atoms with Crippen molar-refractivity contribution in [2.45, 2.75) is 74.3 Å². The molecule has 1 aliphatic heterocycles. The number of anilines is 1. The molecule has 1 amide bonds. The Labute approximate surface area is 244 Å². The molecule has 1 heterocycles. The molecule has 3 nitrogen and oxygen atoms in total. The third kappa shape index (κ3) is 6.06. The van der Waals surface area contributed by atoms with Gasteiger partial charge in [-0.15, -0.1) is 0 Å². The van der Waals surface area contributed by atoms with Crippen LogP contribution in [0.5, 0.6) is 0 Å². The van der Waals surface area contributed by atoms with Crippen LogP contribution >= 0.6 is 0 Å². The van der Waals surface area contributed by atoms with E-state index in [0.29, 0.717) is 11.8 Å². The third-order valence-corrected chi connectivity index (χ3v) is 11.3. The fraction of sp³-hybridized carbons (Fsp3) is 0.606. The number of fused-ring (bicyclic) bond motifs is 1. The predicted octanol–water partition coefficient (Wildman–Crippen LogP) is 7.47. The number of nitrogens with zero attached hydrogens (tertiary/aromatic N) is 1. The third-order valence-electron chi connectivity index (χ3n) is 10.5. The Kier molecular flexibility index (Phi) is 8.18. The molecule has 3 unspecified atom stereocenters. The van der Waals surface area contributed by atoms with Crippen LogP contribution in [0.4, 0.5) is 23.2 Å². The number of hydrogen-bond donors (Lipinski definition) is 1. The van der Waals surface area contributed by atoms with E-state index in [1.807, 2.05) is 0 Å². The molecule has 222 valence electrons. The predicted molar refractivity (Wildman–Crippen MR) is 157 cm³/mol. The molecule has 1 saturated heterocycles. The average molecular weight is 590 g/mol. The number of carbonyl (C=O) groups is 1. The van der Waals surface area contributed by atoms with Crippen molar-refractivity contribution >= 4 is 23.4 Å². The van der Waals surface area contributed by atoms with Gasteiger partial charge in [0.25, 0.3) is 0 Å². The highest BCUT2D eigenvalue weighted by atomic mass is 32.2. The van der Waals surface area contributed by atoms with E-state index in [9.17, 15) is 22.4 Å². The molecule has 0 radical (unpaired) electrons. The molecule has 4 fully saturated rings. The summed E-state index contributed by atoms with van der Waals surface area (Å²) in [7, 11) is 0. The van der Waals surface area contributed by atoms with Gasteiger partial charge in [0, 0.05) is 23.4 Å². The summed E-state index contributed by atoms with van der Waals surface area (Å²) in [5, 5.41) is 2.73. The Morgan fingerprint density at radius 1 is 1.12 bits per heavy atom. The number of unbranched alkanes of at least 4 members (excludes halogenated alkanes) is 1. The second-order valence-corrected chi connectivity index (χ2v) is 13.8. The highest BCUT2D eigenvalue weighted by Crippen LogP contribution is 2.68. The van der Waals surface area contributed by atoms with Crippen LogP contribution in [0, 0.1) is 35.4 Å². The van der Waals surface area contributed by atoms with Gasteiger partial charge in [-0.05, 0) is 136 Å². The van der Waals surface area contributed by atoms with Crippen molar-refractivity contribution in [3.05, 3.63) is 59.4 Å². The summed E-state index contributed by atoms with van der Waals surface area (Å²) in [4.78, 5) is 17.3. The van der Waals surface area contributed by atoms with Crippen LogP contribution in [0.2, 0.25) is 0 Å². The smallest absolute Gasteiger partial charge is 0.326 e. The molecule has 3 saturated carbocycles. The number of alkyl halides is 3. The summed E-state index contributed by atoms with van der Waals surface area (Å²) in [6.07, 6.45) is 7.67. The number of thiol groups is 1. The first kappa shape index (κ1) is 29.0. The van der Waals surface area contributed by atoms with Crippen molar-refractivity contribution in [1.29, 1.82) is 0 Å². The summed E-state index contributed by atoms with van der Waals surface area (Å²) >= 11 is 1.28. The molecule has 2 aromatic rings. The zero-order chi connectivity index (χ0) is 28.8. The Hall–Kier alpha value is -2.06. The summed E-state index contributed by atoms with van der Waals surface area (Å²) in [6, 6.07) is 11.8. The van der Waals surface area contributed by atoms with Gasteiger partial charge in [0.2, 0.25) is 5.91 Å². The first-order valence-corrected chi connectivity index (χ1v) is 16.6. The van der Waals surface area contributed by atoms with Gasteiger partial charge in [-0.3, -0.25) is 4.79 Å². The van der Waals surface area contributed by atoms with E-state index < -0.39 is 17.6 Å². The number of likely N-dealkylation sites (tertiary alicyclic amines) is 1. The molecule has 41 heavy (non-hydrogen) atoms. The number of hydrogen-bond acceptors (Lipinski definition) is 2. The van der Waals surface area contributed by atoms with Gasteiger partial charge in [-0.25, -0.2) is 4.39 Å². The first-order valence-electron chi connectivity index (χ1n) is 15.3. The molecule has 1 N–H and O–H groups in total. The van der Waals surface area contributed by atoms with Crippen LogP contribution in [0.25, 0.3) is 0 Å². The largest absolute Gasteiger partial charge is 0.419 e. The first-order chi connectivity index (χ1) is 19.7. The zero-order valence-electron chi connectivity index (χ0n) is 23.7. The lowest BCUT2D eigenvalue weighted by Gasteiger charge is -2.29. The number of amides is 1. The zero-order valence-corrected chi connectivity index (χ0v) is 24.6. The number of nitrogens with one attached hydrogen (secondary N) is 1.